The molecule has 5 heteroatoms. The lowest BCUT2D eigenvalue weighted by Crippen LogP contribution is -2.08. The molecule has 1 N–H and O–H groups in total. The molecule has 0 aliphatic heterocycles. The molecule has 5 rings (SSSR count). The van der Waals surface area contributed by atoms with E-state index in [0.29, 0.717) is 16.5 Å². The molecule has 0 bridgehead atoms. The first-order valence-corrected chi connectivity index (χ1v) is 12.2. The van der Waals surface area contributed by atoms with Crippen LogP contribution >= 0.6 is 23.1 Å². The van der Waals surface area contributed by atoms with Gasteiger partial charge in [-0.05, 0) is 33.4 Å². The predicted molar refractivity (Wildman–Crippen MR) is 133 cm³/mol. The van der Waals surface area contributed by atoms with E-state index in [2.05, 4.69) is 85.6 Å². The molecule has 0 fully saturated rings. The number of hydrogen-bond acceptors (Lipinski definition) is 4. The summed E-state index contributed by atoms with van der Waals surface area (Å²) >= 11 is 3.09. The van der Waals surface area contributed by atoms with Crippen LogP contribution in [0.25, 0.3) is 32.1 Å². The van der Waals surface area contributed by atoms with Gasteiger partial charge in [-0.15, -0.1) is 11.3 Å². The van der Waals surface area contributed by atoms with Crippen LogP contribution in [0.15, 0.2) is 82.1 Å². The molecular weight excluding hydrogens is 420 g/mol. The molecule has 0 atom stereocenters. The summed E-state index contributed by atoms with van der Waals surface area (Å²) in [7, 11) is 0. The number of thiophene rings is 1. The highest BCUT2D eigenvalue weighted by atomic mass is 32.2. The highest BCUT2D eigenvalue weighted by Gasteiger charge is 2.14. The summed E-state index contributed by atoms with van der Waals surface area (Å²) in [5, 5.41) is 5.84. The lowest BCUT2D eigenvalue weighted by Gasteiger charge is -2.07. The predicted octanol–water partition coefficient (Wildman–Crippen LogP) is 7.22. The van der Waals surface area contributed by atoms with Crippen molar-refractivity contribution in [2.75, 3.05) is 0 Å². The smallest absolute Gasteiger partial charge is 0.260 e. The summed E-state index contributed by atoms with van der Waals surface area (Å²) in [5.74, 6) is 1.24. The molecule has 3 aromatic carbocycles. The average Bonchev–Trinajstić information content (AvgIpc) is 3.22. The van der Waals surface area contributed by atoms with Gasteiger partial charge >= 0.3 is 0 Å². The van der Waals surface area contributed by atoms with Gasteiger partial charge in [0.25, 0.3) is 5.56 Å². The molecule has 154 valence electrons. The molecule has 0 amide bonds. The minimum Gasteiger partial charge on any atom is -0.301 e. The first-order chi connectivity index (χ1) is 15.1. The molecule has 0 radical (unpaired) electrons. The van der Waals surface area contributed by atoms with Crippen molar-refractivity contribution in [1.82, 2.24) is 9.97 Å². The van der Waals surface area contributed by atoms with Crippen molar-refractivity contribution < 1.29 is 0 Å². The molecule has 31 heavy (non-hydrogen) atoms. The van der Waals surface area contributed by atoms with Crippen LogP contribution in [0, 0.1) is 0 Å². The number of hydrogen-bond donors (Lipinski definition) is 1. The van der Waals surface area contributed by atoms with Crippen LogP contribution in [-0.4, -0.2) is 9.97 Å². The maximum Gasteiger partial charge on any atom is 0.260 e. The Hall–Kier alpha value is -2.89. The Morgan fingerprint density at radius 3 is 2.58 bits per heavy atom. The summed E-state index contributed by atoms with van der Waals surface area (Å²) < 4.78 is 0. The third kappa shape index (κ3) is 3.91. The van der Waals surface area contributed by atoms with Crippen molar-refractivity contribution in [2.45, 2.75) is 30.7 Å². The van der Waals surface area contributed by atoms with Crippen molar-refractivity contribution in [3.05, 3.63) is 93.6 Å². The Kier molecular flexibility index (Phi) is 5.38. The second-order valence-electron chi connectivity index (χ2n) is 7.90. The van der Waals surface area contributed by atoms with E-state index in [1.165, 1.54) is 33.2 Å². The van der Waals surface area contributed by atoms with E-state index in [9.17, 15) is 4.79 Å². The van der Waals surface area contributed by atoms with Crippen LogP contribution in [0.5, 0.6) is 0 Å². The summed E-state index contributed by atoms with van der Waals surface area (Å²) in [6, 6.07) is 23.2. The molecular formula is C26H22N2OS2. The number of H-pyrrole nitrogens is 1. The summed E-state index contributed by atoms with van der Waals surface area (Å²) in [5.41, 5.74) is 4.47. The second kappa shape index (κ2) is 8.33. The third-order valence-corrected chi connectivity index (χ3v) is 7.35. The van der Waals surface area contributed by atoms with Crippen LogP contribution < -0.4 is 5.56 Å². The molecule has 2 aromatic heterocycles. The molecule has 5 aromatic rings. The van der Waals surface area contributed by atoms with Gasteiger partial charge in [0.2, 0.25) is 0 Å². The number of aromatic amines is 1. The van der Waals surface area contributed by atoms with E-state index in [0.717, 1.165) is 21.7 Å². The van der Waals surface area contributed by atoms with E-state index in [1.807, 2.05) is 5.38 Å². The lowest BCUT2D eigenvalue weighted by atomic mass is 9.99. The standard InChI is InChI=1S/C26H22N2OS2/c1-16(2)17-10-12-19(13-11-17)22-15-30-25-23(22)24(29)27-26(28-25)31-14-20-8-5-7-18-6-3-4-9-21(18)20/h3-13,15-16H,14H2,1-2H3,(H,27,28,29). The number of thioether (sulfide) groups is 1. The van der Waals surface area contributed by atoms with E-state index in [4.69, 9.17) is 4.98 Å². The van der Waals surface area contributed by atoms with E-state index < -0.39 is 0 Å². The summed E-state index contributed by atoms with van der Waals surface area (Å²) in [6.45, 7) is 4.36. The first-order valence-electron chi connectivity index (χ1n) is 10.3. The zero-order valence-electron chi connectivity index (χ0n) is 17.4. The van der Waals surface area contributed by atoms with Crippen molar-refractivity contribution in [3.63, 3.8) is 0 Å². The fourth-order valence-corrected chi connectivity index (χ4v) is 5.69. The van der Waals surface area contributed by atoms with Gasteiger partial charge < -0.3 is 4.98 Å². The highest BCUT2D eigenvalue weighted by Crippen LogP contribution is 2.33. The van der Waals surface area contributed by atoms with Gasteiger partial charge in [0.05, 0.1) is 5.39 Å². The lowest BCUT2D eigenvalue weighted by molar-refractivity contribution is 0.867. The van der Waals surface area contributed by atoms with Crippen LogP contribution in [-0.2, 0) is 5.75 Å². The Morgan fingerprint density at radius 2 is 1.77 bits per heavy atom. The molecule has 0 aliphatic carbocycles. The summed E-state index contributed by atoms with van der Waals surface area (Å²) in [4.78, 5) is 21.5. The van der Waals surface area contributed by atoms with E-state index >= 15 is 0 Å². The Bertz CT molecular complexity index is 1430. The number of nitrogens with one attached hydrogen (secondary N) is 1. The van der Waals surface area contributed by atoms with Crippen LogP contribution in [0.4, 0.5) is 0 Å². The van der Waals surface area contributed by atoms with Crippen molar-refractivity contribution in [3.8, 4) is 11.1 Å². The maximum atomic E-state index is 13.0. The van der Waals surface area contributed by atoms with Crippen LogP contribution in [0.3, 0.4) is 0 Å². The fourth-order valence-electron chi connectivity index (χ4n) is 3.82. The van der Waals surface area contributed by atoms with Gasteiger partial charge in [0.15, 0.2) is 5.16 Å². The SMILES string of the molecule is CC(C)c1ccc(-c2csc3nc(SCc4cccc5ccccc45)[nH]c(=O)c23)cc1. The molecule has 0 saturated heterocycles. The number of rotatable bonds is 5. The van der Waals surface area contributed by atoms with Gasteiger partial charge in [-0.25, -0.2) is 4.98 Å². The van der Waals surface area contributed by atoms with E-state index in [1.54, 1.807) is 11.8 Å². The number of fused-ring (bicyclic) bond motifs is 2. The fraction of sp³-hybridized carbons (Fsp3) is 0.154. The molecule has 0 spiro atoms. The molecule has 2 heterocycles. The molecule has 3 nitrogen and oxygen atoms in total. The molecule has 0 unspecified atom stereocenters. The minimum absolute atomic E-state index is 0.0744. The number of nitrogens with zero attached hydrogens (tertiary/aromatic N) is 1. The van der Waals surface area contributed by atoms with Crippen molar-refractivity contribution in [2.24, 2.45) is 0 Å². The van der Waals surface area contributed by atoms with Crippen molar-refractivity contribution >= 4 is 44.1 Å². The normalized spacial score (nSPS) is 11.6. The Morgan fingerprint density at radius 1 is 1.00 bits per heavy atom. The quantitative estimate of drug-likeness (QED) is 0.231. The topological polar surface area (TPSA) is 45.8 Å². The Balaban J connectivity index is 1.45. The van der Waals surface area contributed by atoms with Gasteiger partial charge in [-0.2, -0.15) is 0 Å². The average molecular weight is 443 g/mol. The second-order valence-corrected chi connectivity index (χ2v) is 9.73. The summed E-state index contributed by atoms with van der Waals surface area (Å²) in [6.07, 6.45) is 0. The first kappa shape index (κ1) is 20.0. The van der Waals surface area contributed by atoms with Crippen LogP contribution in [0.1, 0.15) is 30.9 Å². The molecule has 0 saturated carbocycles. The zero-order chi connectivity index (χ0) is 21.4. The minimum atomic E-state index is -0.0744. The maximum absolute atomic E-state index is 13.0. The number of aromatic nitrogens is 2. The van der Waals surface area contributed by atoms with E-state index in [-0.39, 0.29) is 5.56 Å². The van der Waals surface area contributed by atoms with Gasteiger partial charge in [0.1, 0.15) is 4.83 Å². The highest BCUT2D eigenvalue weighted by molar-refractivity contribution is 7.98. The van der Waals surface area contributed by atoms with Gasteiger partial charge in [-0.1, -0.05) is 92.3 Å². The largest absolute Gasteiger partial charge is 0.301 e. The zero-order valence-corrected chi connectivity index (χ0v) is 19.0. The monoisotopic (exact) mass is 442 g/mol. The third-order valence-electron chi connectivity index (χ3n) is 5.55. The van der Waals surface area contributed by atoms with Gasteiger partial charge in [-0.3, -0.25) is 4.79 Å². The van der Waals surface area contributed by atoms with Gasteiger partial charge in [0, 0.05) is 16.7 Å². The molecule has 0 aliphatic rings. The Labute approximate surface area is 189 Å². The van der Waals surface area contributed by atoms with Crippen LogP contribution in [0.2, 0.25) is 0 Å². The van der Waals surface area contributed by atoms with Crippen molar-refractivity contribution in [1.29, 1.82) is 0 Å². The number of benzene rings is 3.